The van der Waals surface area contributed by atoms with Gasteiger partial charge in [0, 0.05) is 4.92 Å². The van der Waals surface area contributed by atoms with Gasteiger partial charge in [-0.3, -0.25) is 10.1 Å². The Morgan fingerprint density at radius 1 is 1.39 bits per heavy atom. The van der Waals surface area contributed by atoms with Gasteiger partial charge in [0.2, 0.25) is 6.54 Å². The number of aromatic nitrogens is 3. The van der Waals surface area contributed by atoms with Crippen LogP contribution >= 0.6 is 0 Å². The zero-order valence-corrected chi connectivity index (χ0v) is 10.5. The van der Waals surface area contributed by atoms with E-state index in [1.54, 1.807) is 4.68 Å². The highest BCUT2D eigenvalue weighted by Crippen LogP contribution is 2.21. The third-order valence-electron chi connectivity index (χ3n) is 2.83. The first kappa shape index (κ1) is 12.5. The summed E-state index contributed by atoms with van der Waals surface area (Å²) in [6.07, 6.45) is 0.717. The lowest BCUT2D eigenvalue weighted by atomic mass is 10.0. The van der Waals surface area contributed by atoms with Crippen LogP contribution in [0.5, 0.6) is 0 Å². The molecule has 0 saturated heterocycles. The normalized spacial score (nSPS) is 13.1. The summed E-state index contributed by atoms with van der Waals surface area (Å²) >= 11 is 0. The van der Waals surface area contributed by atoms with Crippen LogP contribution in [0.2, 0.25) is 0 Å². The fraction of sp³-hybridized carbons (Fsp3) is 0.500. The molecular weight excluding hydrogens is 232 g/mol. The Hall–Kier alpha value is -1.98. The second-order valence-corrected chi connectivity index (χ2v) is 4.82. The minimum absolute atomic E-state index is 0.120. The van der Waals surface area contributed by atoms with Crippen LogP contribution in [-0.2, 0) is 0 Å². The minimum Gasteiger partial charge on any atom is -0.264 e. The summed E-state index contributed by atoms with van der Waals surface area (Å²) in [4.78, 5) is 10.5. The van der Waals surface area contributed by atoms with Gasteiger partial charge >= 0.3 is 0 Å². The quantitative estimate of drug-likeness (QED) is 0.601. The van der Waals surface area contributed by atoms with Crippen LogP contribution in [0.1, 0.15) is 26.3 Å². The summed E-state index contributed by atoms with van der Waals surface area (Å²) in [7, 11) is 0. The lowest BCUT2D eigenvalue weighted by Crippen LogP contribution is -2.21. The Labute approximate surface area is 105 Å². The van der Waals surface area contributed by atoms with Crippen LogP contribution < -0.4 is 0 Å². The molecule has 0 aliphatic carbocycles. The van der Waals surface area contributed by atoms with E-state index >= 15 is 0 Å². The number of nitrogens with zero attached hydrogens (tertiary/aromatic N) is 4. The third kappa shape index (κ3) is 2.64. The average molecular weight is 248 g/mol. The molecule has 0 fully saturated rings. The van der Waals surface area contributed by atoms with E-state index in [4.69, 9.17) is 0 Å². The van der Waals surface area contributed by atoms with Gasteiger partial charge in [-0.25, -0.2) is 4.68 Å². The van der Waals surface area contributed by atoms with Crippen LogP contribution in [0.15, 0.2) is 24.3 Å². The highest BCUT2D eigenvalue weighted by atomic mass is 16.6. The topological polar surface area (TPSA) is 73.8 Å². The first-order valence-corrected chi connectivity index (χ1v) is 5.99. The lowest BCUT2D eigenvalue weighted by molar-refractivity contribution is -0.486. The molecule has 0 spiro atoms. The molecule has 2 aromatic rings. The number of rotatable bonds is 5. The van der Waals surface area contributed by atoms with Gasteiger partial charge in [0.05, 0.1) is 5.52 Å². The molecule has 1 aromatic carbocycles. The van der Waals surface area contributed by atoms with Gasteiger partial charge in [-0.2, -0.15) is 0 Å². The molecule has 1 aromatic heterocycles. The smallest absolute Gasteiger partial charge is 0.226 e. The maximum absolute atomic E-state index is 10.8. The average Bonchev–Trinajstić information content (AvgIpc) is 2.70. The van der Waals surface area contributed by atoms with Crippen molar-refractivity contribution in [3.8, 4) is 0 Å². The second kappa shape index (κ2) is 5.12. The predicted octanol–water partition coefficient (Wildman–Crippen LogP) is 2.30. The van der Waals surface area contributed by atoms with E-state index in [9.17, 15) is 10.1 Å². The van der Waals surface area contributed by atoms with E-state index < -0.39 is 0 Å². The first-order chi connectivity index (χ1) is 8.58. The van der Waals surface area contributed by atoms with E-state index in [-0.39, 0.29) is 17.5 Å². The van der Waals surface area contributed by atoms with Gasteiger partial charge in [0.1, 0.15) is 11.6 Å². The molecule has 1 atom stereocenters. The fourth-order valence-electron chi connectivity index (χ4n) is 2.12. The van der Waals surface area contributed by atoms with Crippen LogP contribution in [-0.4, -0.2) is 26.5 Å². The molecule has 96 valence electrons. The fourth-order valence-corrected chi connectivity index (χ4v) is 2.12. The molecule has 1 unspecified atom stereocenters. The maximum Gasteiger partial charge on any atom is 0.226 e. The monoisotopic (exact) mass is 248 g/mol. The lowest BCUT2D eigenvalue weighted by Gasteiger charge is -2.15. The Morgan fingerprint density at radius 2 is 2.11 bits per heavy atom. The highest BCUT2D eigenvalue weighted by molar-refractivity contribution is 5.73. The molecule has 0 radical (unpaired) electrons. The molecule has 2 rings (SSSR count). The van der Waals surface area contributed by atoms with E-state index in [0.717, 1.165) is 11.0 Å². The minimum atomic E-state index is -0.288. The zero-order chi connectivity index (χ0) is 13.1. The first-order valence-electron chi connectivity index (χ1n) is 5.99. The van der Waals surface area contributed by atoms with Crippen molar-refractivity contribution in [1.29, 1.82) is 0 Å². The van der Waals surface area contributed by atoms with Gasteiger partial charge in [-0.1, -0.05) is 31.2 Å². The molecule has 0 amide bonds. The Kier molecular flexibility index (Phi) is 3.55. The Morgan fingerprint density at radius 3 is 2.78 bits per heavy atom. The highest BCUT2D eigenvalue weighted by Gasteiger charge is 2.22. The maximum atomic E-state index is 10.8. The third-order valence-corrected chi connectivity index (χ3v) is 2.83. The standard InChI is InChI=1S/C12H16N4O2/c1-9(2)7-10(8-15(17)18)16-12-6-4-3-5-11(12)13-14-16/h3-6,9-10H,7-8H2,1-2H3. The van der Waals surface area contributed by atoms with Crippen molar-refractivity contribution in [1.82, 2.24) is 15.0 Å². The van der Waals surface area contributed by atoms with Gasteiger partial charge in [-0.15, -0.1) is 5.10 Å². The summed E-state index contributed by atoms with van der Waals surface area (Å²) < 4.78 is 1.68. The van der Waals surface area contributed by atoms with Gasteiger partial charge in [0.15, 0.2) is 0 Å². The summed E-state index contributed by atoms with van der Waals surface area (Å²) in [5.74, 6) is 0.373. The summed E-state index contributed by atoms with van der Waals surface area (Å²) in [5, 5.41) is 18.9. The van der Waals surface area contributed by atoms with Crippen LogP contribution in [0.25, 0.3) is 11.0 Å². The molecule has 0 aliphatic heterocycles. The van der Waals surface area contributed by atoms with Crippen LogP contribution in [0.3, 0.4) is 0 Å². The summed E-state index contributed by atoms with van der Waals surface area (Å²) in [5.41, 5.74) is 1.62. The molecule has 6 heteroatoms. The number of fused-ring (bicyclic) bond motifs is 1. The van der Waals surface area contributed by atoms with Crippen LogP contribution in [0, 0.1) is 16.0 Å². The van der Waals surface area contributed by atoms with Crippen molar-refractivity contribution in [2.24, 2.45) is 5.92 Å². The molecule has 1 heterocycles. The van der Waals surface area contributed by atoms with Gasteiger partial charge < -0.3 is 0 Å². The number of nitro groups is 1. The summed E-state index contributed by atoms with van der Waals surface area (Å²) in [6, 6.07) is 7.28. The molecule has 0 bridgehead atoms. The molecule has 18 heavy (non-hydrogen) atoms. The van der Waals surface area contributed by atoms with Crippen molar-refractivity contribution in [3.63, 3.8) is 0 Å². The van der Waals surface area contributed by atoms with E-state index in [1.165, 1.54) is 0 Å². The summed E-state index contributed by atoms with van der Waals surface area (Å²) in [6.45, 7) is 3.98. The molecule has 0 saturated carbocycles. The number of para-hydroxylation sites is 1. The van der Waals surface area contributed by atoms with E-state index in [2.05, 4.69) is 10.3 Å². The predicted molar refractivity (Wildman–Crippen MR) is 67.9 cm³/mol. The van der Waals surface area contributed by atoms with Crippen molar-refractivity contribution < 1.29 is 4.92 Å². The molecule has 0 aliphatic rings. The van der Waals surface area contributed by atoms with Crippen molar-refractivity contribution in [3.05, 3.63) is 34.4 Å². The van der Waals surface area contributed by atoms with Crippen molar-refractivity contribution in [2.75, 3.05) is 6.54 Å². The number of benzene rings is 1. The Bertz CT molecular complexity index is 550. The van der Waals surface area contributed by atoms with E-state index in [0.29, 0.717) is 12.3 Å². The Balaban J connectivity index is 2.37. The molecule has 6 nitrogen and oxygen atoms in total. The zero-order valence-electron chi connectivity index (χ0n) is 10.5. The largest absolute Gasteiger partial charge is 0.264 e. The van der Waals surface area contributed by atoms with Crippen LogP contribution in [0.4, 0.5) is 0 Å². The molecular formula is C12H16N4O2. The van der Waals surface area contributed by atoms with Gasteiger partial charge in [-0.05, 0) is 24.5 Å². The van der Waals surface area contributed by atoms with Crippen molar-refractivity contribution >= 4 is 11.0 Å². The number of hydrogen-bond donors (Lipinski definition) is 0. The van der Waals surface area contributed by atoms with Gasteiger partial charge in [0.25, 0.3) is 0 Å². The van der Waals surface area contributed by atoms with E-state index in [1.807, 2.05) is 38.1 Å². The second-order valence-electron chi connectivity index (χ2n) is 4.82. The SMILES string of the molecule is CC(C)CC(C[N+](=O)[O-])n1nnc2ccccc21. The molecule has 0 N–H and O–H groups in total. The number of hydrogen-bond acceptors (Lipinski definition) is 4. The van der Waals surface area contributed by atoms with Crippen molar-refractivity contribution in [2.45, 2.75) is 26.3 Å².